The van der Waals surface area contributed by atoms with Crippen LogP contribution in [0.25, 0.3) is 0 Å². The van der Waals surface area contributed by atoms with E-state index in [4.69, 9.17) is 0 Å². The smallest absolute Gasteiger partial charge is 0.256 e. The van der Waals surface area contributed by atoms with Gasteiger partial charge >= 0.3 is 0 Å². The monoisotopic (exact) mass is 343 g/mol. The van der Waals surface area contributed by atoms with E-state index in [-0.39, 0.29) is 11.5 Å². The van der Waals surface area contributed by atoms with E-state index in [1.165, 1.54) is 12.1 Å². The highest BCUT2D eigenvalue weighted by atomic mass is 19.1. The number of hydrogen-bond donors (Lipinski definition) is 1. The van der Waals surface area contributed by atoms with Crippen molar-refractivity contribution in [2.24, 2.45) is 0 Å². The molecule has 1 aromatic carbocycles. The molecule has 0 unspecified atom stereocenters. The number of anilines is 2. The molecule has 6 nitrogen and oxygen atoms in total. The fourth-order valence-electron chi connectivity index (χ4n) is 2.88. The topological polar surface area (TPSA) is 61.4 Å². The molecule has 1 saturated heterocycles. The third-order valence-corrected chi connectivity index (χ3v) is 4.15. The molecule has 1 aliphatic heterocycles. The van der Waals surface area contributed by atoms with Gasteiger partial charge in [-0.3, -0.25) is 4.79 Å². The average Bonchev–Trinajstić information content (AvgIpc) is 2.61. The first-order valence-electron chi connectivity index (χ1n) is 8.47. The first kappa shape index (κ1) is 17.1. The van der Waals surface area contributed by atoms with Crippen LogP contribution in [0.15, 0.2) is 30.3 Å². The van der Waals surface area contributed by atoms with E-state index in [0.29, 0.717) is 32.1 Å². The van der Waals surface area contributed by atoms with Crippen molar-refractivity contribution in [3.05, 3.63) is 47.4 Å². The van der Waals surface area contributed by atoms with Gasteiger partial charge in [0.25, 0.3) is 5.91 Å². The molecule has 0 bridgehead atoms. The summed E-state index contributed by atoms with van der Waals surface area (Å²) in [7, 11) is 0. The van der Waals surface area contributed by atoms with E-state index in [1.54, 1.807) is 17.0 Å². The van der Waals surface area contributed by atoms with Gasteiger partial charge in [0.1, 0.15) is 11.6 Å². The van der Waals surface area contributed by atoms with Crippen molar-refractivity contribution in [3.8, 4) is 0 Å². The van der Waals surface area contributed by atoms with E-state index in [0.717, 1.165) is 18.1 Å². The second-order valence-corrected chi connectivity index (χ2v) is 5.98. The van der Waals surface area contributed by atoms with Crippen LogP contribution in [0, 0.1) is 12.7 Å². The minimum atomic E-state index is -0.479. The number of hydrogen-bond acceptors (Lipinski definition) is 5. The van der Waals surface area contributed by atoms with Crippen LogP contribution in [0.2, 0.25) is 0 Å². The van der Waals surface area contributed by atoms with Crippen LogP contribution in [0.1, 0.15) is 23.0 Å². The lowest BCUT2D eigenvalue weighted by Crippen LogP contribution is -2.49. The second-order valence-electron chi connectivity index (χ2n) is 5.98. The molecule has 0 radical (unpaired) electrons. The molecule has 3 rings (SSSR count). The molecule has 7 heteroatoms. The summed E-state index contributed by atoms with van der Waals surface area (Å²) in [5, 5.41) is 3.20. The first-order chi connectivity index (χ1) is 12.1. The summed E-state index contributed by atoms with van der Waals surface area (Å²) < 4.78 is 13.8. The van der Waals surface area contributed by atoms with Crippen LogP contribution in [0.4, 0.5) is 16.2 Å². The number of carbonyl (C=O) groups excluding carboxylic acids is 1. The Hall–Kier alpha value is -2.70. The highest BCUT2D eigenvalue weighted by Gasteiger charge is 2.25. The molecule has 1 aliphatic rings. The number of aromatic nitrogens is 2. The summed E-state index contributed by atoms with van der Waals surface area (Å²) in [5.41, 5.74) is 1.02. The molecule has 0 aliphatic carbocycles. The zero-order chi connectivity index (χ0) is 17.8. The third-order valence-electron chi connectivity index (χ3n) is 4.15. The number of aryl methyl sites for hydroxylation is 1. The SMILES string of the molecule is CCNc1cc(C)nc(N2CCN(C(=O)c3ccccc3F)CC2)n1. The molecule has 2 heterocycles. The van der Waals surface area contributed by atoms with Gasteiger partial charge in [0, 0.05) is 44.5 Å². The van der Waals surface area contributed by atoms with Gasteiger partial charge in [-0.2, -0.15) is 4.98 Å². The molecular weight excluding hydrogens is 321 g/mol. The number of carbonyl (C=O) groups is 1. The summed E-state index contributed by atoms with van der Waals surface area (Å²) in [6.07, 6.45) is 0. The molecule has 1 aromatic heterocycles. The lowest BCUT2D eigenvalue weighted by molar-refractivity contribution is 0.0741. The van der Waals surface area contributed by atoms with Crippen molar-refractivity contribution in [2.45, 2.75) is 13.8 Å². The van der Waals surface area contributed by atoms with Gasteiger partial charge in [-0.15, -0.1) is 0 Å². The fourth-order valence-corrected chi connectivity index (χ4v) is 2.88. The Balaban J connectivity index is 1.68. The Morgan fingerprint density at radius 3 is 2.60 bits per heavy atom. The molecule has 1 fully saturated rings. The van der Waals surface area contributed by atoms with Gasteiger partial charge in [-0.05, 0) is 26.0 Å². The Morgan fingerprint density at radius 2 is 1.92 bits per heavy atom. The van der Waals surface area contributed by atoms with Crippen molar-refractivity contribution in [2.75, 3.05) is 42.9 Å². The van der Waals surface area contributed by atoms with Crippen molar-refractivity contribution in [1.29, 1.82) is 0 Å². The zero-order valence-corrected chi connectivity index (χ0v) is 14.5. The van der Waals surface area contributed by atoms with Crippen molar-refractivity contribution in [3.63, 3.8) is 0 Å². The van der Waals surface area contributed by atoms with Gasteiger partial charge in [0.05, 0.1) is 5.56 Å². The summed E-state index contributed by atoms with van der Waals surface area (Å²) >= 11 is 0. The van der Waals surface area contributed by atoms with Gasteiger partial charge in [0.2, 0.25) is 5.95 Å². The lowest BCUT2D eigenvalue weighted by Gasteiger charge is -2.35. The highest BCUT2D eigenvalue weighted by Crippen LogP contribution is 2.17. The Bertz CT molecular complexity index is 759. The quantitative estimate of drug-likeness (QED) is 0.923. The molecule has 0 spiro atoms. The van der Waals surface area contributed by atoms with Gasteiger partial charge in [-0.1, -0.05) is 12.1 Å². The van der Waals surface area contributed by atoms with Gasteiger partial charge < -0.3 is 15.1 Å². The Kier molecular flexibility index (Phi) is 5.11. The number of amides is 1. The maximum Gasteiger partial charge on any atom is 0.256 e. The second kappa shape index (κ2) is 7.46. The Labute approximate surface area is 146 Å². The molecule has 25 heavy (non-hydrogen) atoms. The Morgan fingerprint density at radius 1 is 1.20 bits per heavy atom. The predicted molar refractivity (Wildman–Crippen MR) is 95.4 cm³/mol. The van der Waals surface area contributed by atoms with Gasteiger partial charge in [0.15, 0.2) is 0 Å². The van der Waals surface area contributed by atoms with E-state index in [2.05, 4.69) is 20.2 Å². The van der Waals surface area contributed by atoms with E-state index in [9.17, 15) is 9.18 Å². The fraction of sp³-hybridized carbons (Fsp3) is 0.389. The van der Waals surface area contributed by atoms with Crippen LogP contribution in [-0.4, -0.2) is 53.5 Å². The summed E-state index contributed by atoms with van der Waals surface area (Å²) in [4.78, 5) is 25.2. The average molecular weight is 343 g/mol. The maximum atomic E-state index is 13.8. The molecule has 0 atom stereocenters. The molecular formula is C18H22FN5O. The minimum absolute atomic E-state index is 0.122. The van der Waals surface area contributed by atoms with E-state index < -0.39 is 5.82 Å². The molecule has 1 amide bonds. The van der Waals surface area contributed by atoms with E-state index in [1.807, 2.05) is 19.9 Å². The van der Waals surface area contributed by atoms with Crippen LogP contribution in [0.5, 0.6) is 0 Å². The normalized spacial score (nSPS) is 14.5. The van der Waals surface area contributed by atoms with Gasteiger partial charge in [-0.25, -0.2) is 9.37 Å². The molecule has 132 valence electrons. The van der Waals surface area contributed by atoms with E-state index >= 15 is 0 Å². The standard InChI is InChI=1S/C18H22FN5O/c1-3-20-16-12-13(2)21-18(22-16)24-10-8-23(9-11-24)17(25)14-6-4-5-7-15(14)19/h4-7,12H,3,8-11H2,1-2H3,(H,20,21,22). The van der Waals surface area contributed by atoms with Crippen molar-refractivity contribution >= 4 is 17.7 Å². The molecule has 1 N–H and O–H groups in total. The maximum absolute atomic E-state index is 13.8. The highest BCUT2D eigenvalue weighted by molar-refractivity contribution is 5.94. The summed E-state index contributed by atoms with van der Waals surface area (Å²) in [5.74, 6) is 0.715. The molecule has 2 aromatic rings. The number of piperazine rings is 1. The number of halogens is 1. The molecule has 0 saturated carbocycles. The van der Waals surface area contributed by atoms with Crippen LogP contribution >= 0.6 is 0 Å². The van der Waals surface area contributed by atoms with Crippen LogP contribution in [-0.2, 0) is 0 Å². The van der Waals surface area contributed by atoms with Crippen LogP contribution in [0.3, 0.4) is 0 Å². The van der Waals surface area contributed by atoms with Crippen molar-refractivity contribution < 1.29 is 9.18 Å². The number of nitrogens with one attached hydrogen (secondary N) is 1. The number of nitrogens with zero attached hydrogens (tertiary/aromatic N) is 4. The lowest BCUT2D eigenvalue weighted by atomic mass is 10.1. The summed E-state index contributed by atoms with van der Waals surface area (Å²) in [6.45, 7) is 7.02. The largest absolute Gasteiger partial charge is 0.370 e. The number of rotatable bonds is 4. The van der Waals surface area contributed by atoms with Crippen molar-refractivity contribution in [1.82, 2.24) is 14.9 Å². The summed E-state index contributed by atoms with van der Waals surface area (Å²) in [6, 6.07) is 8.00. The minimum Gasteiger partial charge on any atom is -0.370 e. The predicted octanol–water partition coefficient (Wildman–Crippen LogP) is 2.32. The van der Waals surface area contributed by atoms with Crippen LogP contribution < -0.4 is 10.2 Å². The zero-order valence-electron chi connectivity index (χ0n) is 14.5. The third kappa shape index (κ3) is 3.87. The first-order valence-corrected chi connectivity index (χ1v) is 8.47. The number of benzene rings is 1.